The third kappa shape index (κ3) is 20.0. The Kier molecular flexibility index (Phi) is 27.3. The van der Waals surface area contributed by atoms with Crippen molar-refractivity contribution in [1.82, 2.24) is 0 Å². The van der Waals surface area contributed by atoms with Gasteiger partial charge in [-0.2, -0.15) is 0 Å². The van der Waals surface area contributed by atoms with E-state index < -0.39 is 5.41 Å². The minimum absolute atomic E-state index is 0.0794. The second kappa shape index (κ2) is 37.4. The smallest absolute Gasteiger partial charge is 0.343 e. The number of carbonyl (C=O) groups is 4. The first kappa shape index (κ1) is 81.0. The summed E-state index contributed by atoms with van der Waals surface area (Å²) < 4.78 is 35.3. The van der Waals surface area contributed by atoms with Crippen LogP contribution in [0, 0.1) is 40.3 Å². The Labute approximate surface area is 679 Å². The van der Waals surface area contributed by atoms with Crippen molar-refractivity contribution in [1.29, 1.82) is 0 Å². The maximum atomic E-state index is 13.2. The van der Waals surface area contributed by atoms with Gasteiger partial charge in [0.25, 0.3) is 0 Å². The van der Waals surface area contributed by atoms with E-state index in [0.29, 0.717) is 77.3 Å². The zero-order chi connectivity index (χ0) is 76.6. The number of esters is 4. The highest BCUT2D eigenvalue weighted by Gasteiger charge is 2.57. The number of carbonyl (C=O) groups excluding carboxylic acids is 4. The van der Waals surface area contributed by atoms with E-state index in [9.17, 15) is 23.6 Å². The molecular formula is C97H126FO8S5+5. The predicted molar refractivity (Wildman–Crippen MR) is 460 cm³/mol. The van der Waals surface area contributed by atoms with Gasteiger partial charge in [0.05, 0.1) is 22.3 Å². The van der Waals surface area contributed by atoms with Gasteiger partial charge in [-0.25, -0.2) is 9.18 Å². The van der Waals surface area contributed by atoms with E-state index in [4.69, 9.17) is 18.9 Å². The molecule has 594 valence electrons. The average molecular weight is 1600 g/mol. The predicted octanol–water partition coefficient (Wildman–Crippen LogP) is 23.8. The lowest BCUT2D eigenvalue weighted by atomic mass is 9.49. The van der Waals surface area contributed by atoms with Gasteiger partial charge in [-0.3, -0.25) is 14.4 Å². The first-order chi connectivity index (χ1) is 53.9. The molecule has 0 aromatic heterocycles. The third-order valence-corrected chi connectivity index (χ3v) is 43.0. The average Bonchev–Trinajstić information content (AvgIpc) is 0.784. The van der Waals surface area contributed by atoms with Gasteiger partial charge in [0.1, 0.15) is 81.3 Å². The molecule has 4 saturated carbocycles. The molecule has 111 heavy (non-hydrogen) atoms. The van der Waals surface area contributed by atoms with Crippen LogP contribution in [0.1, 0.15) is 276 Å². The number of rotatable bonds is 12. The molecule has 0 atom stereocenters. The lowest BCUT2D eigenvalue weighted by Gasteiger charge is -2.55. The number of halogens is 1. The second-order valence-corrected chi connectivity index (χ2v) is 49.0. The summed E-state index contributed by atoms with van der Waals surface area (Å²) in [6.45, 7) is 9.37. The SMILES string of the molecule is CC(C)(C)C(=O)Oc1ccc([S+]2C3CCCC2CCC3)cc1.CC(C)C(=O)Oc1ccc([S+]2C3CCCC2CCC3)cc1.Fc1ccc([S+]2C3CCCC2CCC3)cc1.O=C(Oc1ccc([S+]2C3CCCC2CCC3)cc1)C12CC3CC(CC(C3)C1)C2.O=C(Oc1ccc([S+]2C3CCCC2CCC3)cc1)c1ccccc1. The number of hydrogen-bond acceptors (Lipinski definition) is 8. The fraction of sp³-hybridized carbons (Fsp3) is 0.588. The summed E-state index contributed by atoms with van der Waals surface area (Å²) in [6.07, 6.45) is 49.6. The van der Waals surface area contributed by atoms with Crippen molar-refractivity contribution >= 4 is 78.4 Å². The number of benzene rings is 6. The van der Waals surface area contributed by atoms with Crippen LogP contribution in [0.3, 0.4) is 0 Å². The Morgan fingerprint density at radius 2 is 0.595 bits per heavy atom. The molecule has 10 saturated heterocycles. The highest BCUT2D eigenvalue weighted by Crippen LogP contribution is 2.61. The molecule has 14 bridgehead atoms. The highest BCUT2D eigenvalue weighted by atomic mass is 32.2. The van der Waals surface area contributed by atoms with E-state index in [1.54, 1.807) is 24.3 Å². The van der Waals surface area contributed by atoms with Gasteiger partial charge in [-0.1, -0.05) is 32.0 Å². The summed E-state index contributed by atoms with van der Waals surface area (Å²) >= 11 is 0. The summed E-state index contributed by atoms with van der Waals surface area (Å²) in [7, 11) is 2.09. The van der Waals surface area contributed by atoms with Crippen LogP contribution in [0.4, 0.5) is 4.39 Å². The molecule has 20 rings (SSSR count). The molecule has 10 heterocycles. The minimum atomic E-state index is -0.458. The zero-order valence-electron chi connectivity index (χ0n) is 67.2. The molecule has 0 radical (unpaired) electrons. The van der Waals surface area contributed by atoms with Crippen LogP contribution < -0.4 is 18.9 Å². The molecule has 10 aliphatic heterocycles. The number of fused-ring (bicyclic) bond motifs is 10. The van der Waals surface area contributed by atoms with Crippen molar-refractivity contribution < 1.29 is 42.5 Å². The first-order valence-corrected chi connectivity index (χ1v) is 50.4. The molecule has 0 N–H and O–H groups in total. The summed E-state index contributed by atoms with van der Waals surface area (Å²) in [5.74, 6) is 4.41. The first-order valence-electron chi connectivity index (χ1n) is 43.6. The van der Waals surface area contributed by atoms with Crippen molar-refractivity contribution in [3.05, 3.63) is 163 Å². The Bertz CT molecular complexity index is 3890. The molecule has 6 aromatic carbocycles. The molecular weight excluding hydrogens is 1470 g/mol. The monoisotopic (exact) mass is 1600 g/mol. The van der Waals surface area contributed by atoms with Gasteiger partial charge < -0.3 is 18.9 Å². The fourth-order valence-corrected chi connectivity index (χ4v) is 39.3. The van der Waals surface area contributed by atoms with E-state index in [0.717, 1.165) is 95.3 Å². The lowest BCUT2D eigenvalue weighted by molar-refractivity contribution is -0.161. The molecule has 6 aromatic rings. The van der Waals surface area contributed by atoms with Crippen LogP contribution in [-0.4, -0.2) is 76.4 Å². The molecule has 0 spiro atoms. The number of hydrogen-bond donors (Lipinski definition) is 0. The molecule has 4 aliphatic carbocycles. The summed E-state index contributed by atoms with van der Waals surface area (Å²) in [5.41, 5.74) is -0.0265. The van der Waals surface area contributed by atoms with Crippen LogP contribution in [0.25, 0.3) is 0 Å². The van der Waals surface area contributed by atoms with Gasteiger partial charge in [-0.05, 0) is 403 Å². The molecule has 0 amide bonds. The molecule has 14 fully saturated rings. The van der Waals surface area contributed by atoms with Crippen molar-refractivity contribution in [2.24, 2.45) is 34.5 Å². The van der Waals surface area contributed by atoms with Gasteiger partial charge >= 0.3 is 23.9 Å². The van der Waals surface area contributed by atoms with Gasteiger partial charge in [0.15, 0.2) is 24.5 Å². The standard InChI is InChI=1S/C25H33O2S.C21H23O2S.C19H27O2S.C18H25O2S.C14H18FS/c26-24(25-14-17-11-18(15-25)13-19(12-17)16-25)27-20-7-9-23(10-8-20)28-21-3-1-4-22(28)6-2-5-21;22-21(16-6-2-1-3-7-16)23-17-12-14-20(15-13-17)24-18-8-4-9-19(24)11-5-10-18;1-19(2,3)18(20)21-14-10-12-17(13-11-14)22-15-6-4-7-16(22)9-5-8-15;1-13(2)18(19)20-14-9-11-17(12-10-14)21-15-5-3-6-16(21)8-4-7-15;15-11-7-9-14(10-8-11)16-12-3-1-4-13(16)6-2-5-12/h7-10,17-19,21-22H,1-6,11-16H2;1-3,6-7,12-15,18-19H,4-5,8-11H2;10-13,15-16H,4-9H2,1-3H3;9-13,15-16H,3-8H2,1-2H3;7-10,12-13H,1-6H2/q5*+1. The Hall–Kier alpha value is -5.12. The second-order valence-electron chi connectivity index (χ2n) is 36.3. The summed E-state index contributed by atoms with van der Waals surface area (Å²) in [6, 6.07) is 50.2. The molecule has 14 heteroatoms. The normalized spacial score (nSPS) is 32.5. The van der Waals surface area contributed by atoms with E-state index in [2.05, 4.69) is 60.7 Å². The topological polar surface area (TPSA) is 105 Å². The maximum absolute atomic E-state index is 13.2. The van der Waals surface area contributed by atoms with Crippen molar-refractivity contribution in [3.63, 3.8) is 0 Å². The number of ether oxygens (including phenoxy) is 4. The van der Waals surface area contributed by atoms with Gasteiger partial charge in [0.2, 0.25) is 0 Å². The van der Waals surface area contributed by atoms with Crippen molar-refractivity contribution in [3.8, 4) is 23.0 Å². The van der Waals surface area contributed by atoms with E-state index >= 15 is 0 Å². The van der Waals surface area contributed by atoms with Crippen molar-refractivity contribution in [2.75, 3.05) is 0 Å². The van der Waals surface area contributed by atoms with Crippen molar-refractivity contribution in [2.45, 2.75) is 343 Å². The summed E-state index contributed by atoms with van der Waals surface area (Å²) in [4.78, 5) is 56.3. The Balaban J connectivity index is 0.000000111. The van der Waals surface area contributed by atoms with Crippen LogP contribution >= 0.6 is 0 Å². The molecule has 8 nitrogen and oxygen atoms in total. The lowest BCUT2D eigenvalue weighted by Crippen LogP contribution is -2.51. The molecule has 0 unspecified atom stereocenters. The van der Waals surface area contributed by atoms with Crippen LogP contribution in [-0.2, 0) is 68.9 Å². The minimum Gasteiger partial charge on any atom is -0.426 e. The summed E-state index contributed by atoms with van der Waals surface area (Å²) in [5, 5.41) is 9.00. The van der Waals surface area contributed by atoms with Crippen LogP contribution in [0.5, 0.6) is 23.0 Å². The molecule has 14 aliphatic rings. The van der Waals surface area contributed by atoms with Crippen LogP contribution in [0.2, 0.25) is 0 Å². The quantitative estimate of drug-likeness (QED) is 0.0678. The van der Waals surface area contributed by atoms with Gasteiger partial charge in [0, 0.05) is 54.5 Å². The van der Waals surface area contributed by atoms with Gasteiger partial charge in [-0.15, -0.1) is 0 Å². The van der Waals surface area contributed by atoms with E-state index in [1.807, 2.05) is 101 Å². The Morgan fingerprint density at radius 3 is 0.865 bits per heavy atom. The maximum Gasteiger partial charge on any atom is 0.343 e. The van der Waals surface area contributed by atoms with Crippen LogP contribution in [0.15, 0.2) is 176 Å². The largest absolute Gasteiger partial charge is 0.426 e. The van der Waals surface area contributed by atoms with E-state index in [-0.39, 0.29) is 41.0 Å². The highest BCUT2D eigenvalue weighted by molar-refractivity contribution is 7.99. The zero-order valence-corrected chi connectivity index (χ0v) is 71.2. The van der Waals surface area contributed by atoms with E-state index in [1.165, 1.54) is 236 Å². The fourth-order valence-electron chi connectivity index (χ4n) is 22.1. The Morgan fingerprint density at radius 1 is 0.342 bits per heavy atom. The third-order valence-electron chi connectivity index (χ3n) is 27.0.